The van der Waals surface area contributed by atoms with Crippen LogP contribution in [0.15, 0.2) is 30.3 Å². The molecule has 0 aliphatic heterocycles. The molecule has 4 unspecified atom stereocenters. The third kappa shape index (κ3) is 11.5. The van der Waals surface area contributed by atoms with Crippen LogP contribution in [-0.4, -0.2) is 64.8 Å². The maximum absolute atomic E-state index is 13.2. The Morgan fingerprint density at radius 3 is 1.70 bits per heavy atom. The summed E-state index contributed by atoms with van der Waals surface area (Å²) in [6, 6.07) is 3.97. The molecule has 0 bridgehead atoms. The van der Waals surface area contributed by atoms with Crippen LogP contribution in [0, 0.1) is 5.92 Å². The Morgan fingerprint density at radius 2 is 1.22 bits per heavy atom. The lowest BCUT2D eigenvalue weighted by Crippen LogP contribution is -2.58. The third-order valence-electron chi connectivity index (χ3n) is 5.54. The van der Waals surface area contributed by atoms with E-state index in [1.54, 1.807) is 44.2 Å². The van der Waals surface area contributed by atoms with Crippen LogP contribution in [0.4, 0.5) is 0 Å². The minimum absolute atomic E-state index is 0.0732. The van der Waals surface area contributed by atoms with Crippen molar-refractivity contribution in [3.63, 3.8) is 0 Å². The molecule has 13 nitrogen and oxygen atoms in total. The zero-order valence-corrected chi connectivity index (χ0v) is 20.9. The van der Waals surface area contributed by atoms with E-state index >= 15 is 0 Å². The molecule has 0 aliphatic rings. The van der Waals surface area contributed by atoms with Crippen molar-refractivity contribution in [1.29, 1.82) is 0 Å². The second-order valence-electron chi connectivity index (χ2n) is 8.99. The summed E-state index contributed by atoms with van der Waals surface area (Å²) < 4.78 is 0. The van der Waals surface area contributed by atoms with Gasteiger partial charge in [-0.25, -0.2) is 4.79 Å². The van der Waals surface area contributed by atoms with E-state index in [1.807, 2.05) is 0 Å². The SMILES string of the molecule is CC(C)C(N)C(=O)NC(Cc1ccccc1)C(=O)NC(CCC(N)=O)C(=O)NC(CCC(N)=O)C(=O)O. The van der Waals surface area contributed by atoms with E-state index in [2.05, 4.69) is 16.0 Å². The Morgan fingerprint density at radius 1 is 0.757 bits per heavy atom. The van der Waals surface area contributed by atoms with Gasteiger partial charge in [0.15, 0.2) is 0 Å². The molecular weight excluding hydrogens is 484 g/mol. The predicted octanol–water partition coefficient (Wildman–Crippen LogP) is -1.72. The molecule has 1 rings (SSSR count). The molecule has 37 heavy (non-hydrogen) atoms. The summed E-state index contributed by atoms with van der Waals surface area (Å²) >= 11 is 0. The lowest BCUT2D eigenvalue weighted by atomic mass is 10.0. The highest BCUT2D eigenvalue weighted by Gasteiger charge is 2.31. The maximum atomic E-state index is 13.2. The highest BCUT2D eigenvalue weighted by molar-refractivity contribution is 5.94. The van der Waals surface area contributed by atoms with E-state index in [4.69, 9.17) is 17.2 Å². The first-order valence-electron chi connectivity index (χ1n) is 11.8. The molecule has 4 atom stereocenters. The first-order chi connectivity index (χ1) is 17.3. The van der Waals surface area contributed by atoms with Gasteiger partial charge < -0.3 is 38.3 Å². The molecule has 13 heteroatoms. The number of carboxylic acid groups (broad SMARTS) is 1. The molecule has 10 N–H and O–H groups in total. The van der Waals surface area contributed by atoms with E-state index in [0.717, 1.165) is 5.56 Å². The number of hydrogen-bond donors (Lipinski definition) is 7. The van der Waals surface area contributed by atoms with Crippen LogP contribution >= 0.6 is 0 Å². The minimum atomic E-state index is -1.46. The molecule has 1 aromatic carbocycles. The van der Waals surface area contributed by atoms with Gasteiger partial charge in [0.1, 0.15) is 18.1 Å². The zero-order valence-electron chi connectivity index (χ0n) is 20.9. The fourth-order valence-electron chi connectivity index (χ4n) is 3.27. The number of primary amides is 2. The normalized spacial score (nSPS) is 14.1. The quantitative estimate of drug-likeness (QED) is 0.132. The van der Waals surface area contributed by atoms with Crippen LogP contribution in [0.1, 0.15) is 45.1 Å². The van der Waals surface area contributed by atoms with Crippen molar-refractivity contribution in [3.05, 3.63) is 35.9 Å². The second-order valence-corrected chi connectivity index (χ2v) is 8.99. The number of carbonyl (C=O) groups is 6. The van der Waals surface area contributed by atoms with Crippen molar-refractivity contribution >= 4 is 35.5 Å². The smallest absolute Gasteiger partial charge is 0.326 e. The Hall–Kier alpha value is -4.00. The number of rotatable bonds is 16. The number of carbonyl (C=O) groups excluding carboxylic acids is 5. The number of aliphatic carboxylic acids is 1. The summed E-state index contributed by atoms with van der Waals surface area (Å²) in [7, 11) is 0. The van der Waals surface area contributed by atoms with Crippen LogP contribution in [-0.2, 0) is 35.2 Å². The molecule has 0 fully saturated rings. The fraction of sp³-hybridized carbons (Fsp3) is 0.500. The lowest BCUT2D eigenvalue weighted by Gasteiger charge is -2.25. The first kappa shape index (κ1) is 31.0. The summed E-state index contributed by atoms with van der Waals surface area (Å²) in [5.41, 5.74) is 16.9. The van der Waals surface area contributed by atoms with E-state index in [-0.39, 0.29) is 38.0 Å². The Bertz CT molecular complexity index is 970. The number of nitrogens with one attached hydrogen (secondary N) is 3. The van der Waals surface area contributed by atoms with Crippen molar-refractivity contribution in [2.24, 2.45) is 23.1 Å². The van der Waals surface area contributed by atoms with Crippen molar-refractivity contribution in [2.75, 3.05) is 0 Å². The average Bonchev–Trinajstić information content (AvgIpc) is 2.83. The van der Waals surface area contributed by atoms with Gasteiger partial charge in [-0.2, -0.15) is 0 Å². The summed E-state index contributed by atoms with van der Waals surface area (Å²) in [6.45, 7) is 3.50. The van der Waals surface area contributed by atoms with Crippen LogP contribution in [0.3, 0.4) is 0 Å². The van der Waals surface area contributed by atoms with Crippen molar-refractivity contribution in [1.82, 2.24) is 16.0 Å². The Balaban J connectivity index is 3.13. The molecule has 0 saturated heterocycles. The standard InChI is InChI=1S/C24H36N6O7/c1-13(2)20(27)23(35)30-17(12-14-6-4-3-5-7-14)22(34)28-15(8-10-18(25)31)21(33)29-16(24(36)37)9-11-19(26)32/h3-7,13,15-17,20H,8-12,27H2,1-2H3,(H2,25,31)(H2,26,32)(H,28,34)(H,29,33)(H,30,35)(H,36,37). The molecule has 204 valence electrons. The molecular formula is C24H36N6O7. The summed E-state index contributed by atoms with van der Waals surface area (Å²) in [5.74, 6) is -5.33. The topological polar surface area (TPSA) is 237 Å². The van der Waals surface area contributed by atoms with E-state index in [1.165, 1.54) is 0 Å². The van der Waals surface area contributed by atoms with Gasteiger partial charge in [-0.1, -0.05) is 44.2 Å². The zero-order chi connectivity index (χ0) is 28.1. The number of nitrogens with two attached hydrogens (primary N) is 3. The number of benzene rings is 1. The third-order valence-corrected chi connectivity index (χ3v) is 5.54. The molecule has 0 radical (unpaired) electrons. The van der Waals surface area contributed by atoms with Crippen LogP contribution in [0.2, 0.25) is 0 Å². The summed E-state index contributed by atoms with van der Waals surface area (Å²) in [4.78, 5) is 72.6. The van der Waals surface area contributed by atoms with E-state index in [0.29, 0.717) is 0 Å². The monoisotopic (exact) mass is 520 g/mol. The first-order valence-corrected chi connectivity index (χ1v) is 11.8. The van der Waals surface area contributed by atoms with Crippen molar-refractivity contribution in [3.8, 4) is 0 Å². The summed E-state index contributed by atoms with van der Waals surface area (Å²) in [5, 5.41) is 16.7. The molecule has 0 heterocycles. The van der Waals surface area contributed by atoms with E-state index in [9.17, 15) is 33.9 Å². The van der Waals surface area contributed by atoms with Gasteiger partial charge in [0.05, 0.1) is 6.04 Å². The van der Waals surface area contributed by atoms with Gasteiger partial charge in [0.2, 0.25) is 29.5 Å². The van der Waals surface area contributed by atoms with Gasteiger partial charge in [0, 0.05) is 19.3 Å². The lowest BCUT2D eigenvalue weighted by molar-refractivity contribution is -0.142. The largest absolute Gasteiger partial charge is 0.480 e. The van der Waals surface area contributed by atoms with Crippen LogP contribution < -0.4 is 33.2 Å². The Labute approximate surface area is 214 Å². The molecule has 0 aliphatic carbocycles. The average molecular weight is 521 g/mol. The second kappa shape index (κ2) is 15.2. The molecule has 5 amide bonds. The van der Waals surface area contributed by atoms with Gasteiger partial charge in [0.25, 0.3) is 0 Å². The highest BCUT2D eigenvalue weighted by Crippen LogP contribution is 2.08. The van der Waals surface area contributed by atoms with Crippen molar-refractivity contribution < 1.29 is 33.9 Å². The fourth-order valence-corrected chi connectivity index (χ4v) is 3.27. The number of carboxylic acids is 1. The highest BCUT2D eigenvalue weighted by atomic mass is 16.4. The van der Waals surface area contributed by atoms with Gasteiger partial charge in [-0.15, -0.1) is 0 Å². The predicted molar refractivity (Wildman–Crippen MR) is 133 cm³/mol. The van der Waals surface area contributed by atoms with Gasteiger partial charge in [-0.05, 0) is 24.3 Å². The number of hydrogen-bond acceptors (Lipinski definition) is 7. The molecule has 0 aromatic heterocycles. The van der Waals surface area contributed by atoms with Crippen molar-refractivity contribution in [2.45, 2.75) is 70.1 Å². The van der Waals surface area contributed by atoms with Gasteiger partial charge in [-0.3, -0.25) is 24.0 Å². The Kier molecular flexibility index (Phi) is 12.7. The van der Waals surface area contributed by atoms with Gasteiger partial charge >= 0.3 is 5.97 Å². The van der Waals surface area contributed by atoms with Crippen LogP contribution in [0.5, 0.6) is 0 Å². The molecule has 1 aromatic rings. The summed E-state index contributed by atoms with van der Waals surface area (Å²) in [6.07, 6.45) is -1.01. The maximum Gasteiger partial charge on any atom is 0.326 e. The minimum Gasteiger partial charge on any atom is -0.480 e. The van der Waals surface area contributed by atoms with E-state index < -0.39 is 59.7 Å². The number of amides is 5. The molecule has 0 saturated carbocycles. The molecule has 0 spiro atoms. The van der Waals surface area contributed by atoms with Crippen LogP contribution in [0.25, 0.3) is 0 Å².